The molecule has 0 saturated heterocycles. The van der Waals surface area contributed by atoms with Gasteiger partial charge in [-0.2, -0.15) is 0 Å². The van der Waals surface area contributed by atoms with Gasteiger partial charge in [-0.05, 0) is 18.2 Å². The number of rotatable bonds is 1. The van der Waals surface area contributed by atoms with Crippen molar-refractivity contribution in [2.45, 2.75) is 0 Å². The van der Waals surface area contributed by atoms with E-state index in [9.17, 15) is 4.79 Å². The number of carbonyl (C=O) groups is 1. The van der Waals surface area contributed by atoms with Gasteiger partial charge in [0.15, 0.2) is 0 Å². The van der Waals surface area contributed by atoms with E-state index < -0.39 is 5.91 Å². The number of pyridine rings is 1. The monoisotopic (exact) mass is 177 g/mol. The number of nitrogens with zero attached hydrogens (tertiary/aromatic N) is 1. The lowest BCUT2D eigenvalue weighted by atomic mass is 10.4. The van der Waals surface area contributed by atoms with E-state index in [0.29, 0.717) is 5.52 Å². The zero-order valence-corrected chi connectivity index (χ0v) is 6.61. The van der Waals surface area contributed by atoms with Gasteiger partial charge in [0, 0.05) is 6.20 Å². The highest BCUT2D eigenvalue weighted by atomic mass is 16.5. The van der Waals surface area contributed by atoms with Gasteiger partial charge in [0.25, 0.3) is 5.91 Å². The number of fused-ring (bicyclic) bond motifs is 1. The zero-order chi connectivity index (χ0) is 9.26. The molecule has 2 aromatic rings. The number of hydrogen-bond donors (Lipinski definition) is 3. The lowest BCUT2D eigenvalue weighted by Gasteiger charge is -1.90. The predicted octanol–water partition coefficient (Wildman–Crippen LogP) is 0.682. The average molecular weight is 177 g/mol. The van der Waals surface area contributed by atoms with E-state index >= 15 is 0 Å². The second-order valence-electron chi connectivity index (χ2n) is 2.56. The average Bonchev–Trinajstić information content (AvgIpc) is 2.59. The van der Waals surface area contributed by atoms with E-state index in [1.807, 2.05) is 0 Å². The predicted molar refractivity (Wildman–Crippen MR) is 45.3 cm³/mol. The molecule has 0 aliphatic heterocycles. The van der Waals surface area contributed by atoms with Crippen molar-refractivity contribution in [1.82, 2.24) is 15.4 Å². The lowest BCUT2D eigenvalue weighted by Crippen LogP contribution is -2.18. The van der Waals surface area contributed by atoms with Gasteiger partial charge in [-0.3, -0.25) is 15.0 Å². The molecule has 0 unspecified atom stereocenters. The summed E-state index contributed by atoms with van der Waals surface area (Å²) in [7, 11) is 0. The molecule has 2 rings (SSSR count). The second-order valence-corrected chi connectivity index (χ2v) is 2.56. The summed E-state index contributed by atoms with van der Waals surface area (Å²) in [6, 6.07) is 5.14. The Morgan fingerprint density at radius 3 is 3.15 bits per heavy atom. The molecule has 66 valence electrons. The minimum Gasteiger partial charge on any atom is -0.349 e. The molecule has 5 nitrogen and oxygen atoms in total. The van der Waals surface area contributed by atoms with Crippen molar-refractivity contribution in [3.63, 3.8) is 0 Å². The summed E-state index contributed by atoms with van der Waals surface area (Å²) in [5.74, 6) is -0.571. The first-order chi connectivity index (χ1) is 6.31. The molecule has 0 spiro atoms. The molecule has 0 aliphatic carbocycles. The fourth-order valence-electron chi connectivity index (χ4n) is 1.14. The topological polar surface area (TPSA) is 78.0 Å². The van der Waals surface area contributed by atoms with Crippen LogP contribution in [0.4, 0.5) is 0 Å². The van der Waals surface area contributed by atoms with E-state index in [0.717, 1.165) is 5.52 Å². The van der Waals surface area contributed by atoms with Gasteiger partial charge in [0.05, 0.1) is 11.0 Å². The highest BCUT2D eigenvalue weighted by Crippen LogP contribution is 2.11. The van der Waals surface area contributed by atoms with Crippen LogP contribution in [0.1, 0.15) is 10.5 Å². The minimum absolute atomic E-state index is 0.288. The Kier molecular flexibility index (Phi) is 1.71. The standard InChI is InChI=1S/C8H7N3O2/c12-8(11-13)7-4-6-5(10-7)2-1-3-9-6/h1-4,10,13H,(H,11,12). The number of nitrogens with one attached hydrogen (secondary N) is 2. The Bertz CT molecular complexity index is 416. The summed E-state index contributed by atoms with van der Waals surface area (Å²) in [5.41, 5.74) is 3.29. The Hall–Kier alpha value is -1.88. The van der Waals surface area contributed by atoms with Crippen LogP contribution in [0.3, 0.4) is 0 Å². The maximum atomic E-state index is 11.0. The molecule has 1 amide bonds. The van der Waals surface area contributed by atoms with Crippen LogP contribution in [0.2, 0.25) is 0 Å². The first-order valence-electron chi connectivity index (χ1n) is 3.69. The normalized spacial score (nSPS) is 10.2. The first-order valence-corrected chi connectivity index (χ1v) is 3.69. The van der Waals surface area contributed by atoms with Crippen LogP contribution < -0.4 is 5.48 Å². The highest BCUT2D eigenvalue weighted by molar-refractivity contribution is 5.96. The van der Waals surface area contributed by atoms with E-state index in [1.165, 1.54) is 0 Å². The molecule has 0 aliphatic rings. The van der Waals surface area contributed by atoms with Crippen LogP contribution in [0.25, 0.3) is 11.0 Å². The largest absolute Gasteiger partial charge is 0.349 e. The lowest BCUT2D eigenvalue weighted by molar-refractivity contribution is 0.0701. The number of hydrogen-bond acceptors (Lipinski definition) is 3. The quantitative estimate of drug-likeness (QED) is 0.442. The van der Waals surface area contributed by atoms with Gasteiger partial charge >= 0.3 is 0 Å². The Balaban J connectivity index is 2.56. The number of H-pyrrole nitrogens is 1. The SMILES string of the molecule is O=C(NO)c1cc2ncccc2[nH]1. The van der Waals surface area contributed by atoms with E-state index in [1.54, 1.807) is 29.9 Å². The Morgan fingerprint density at radius 2 is 2.46 bits per heavy atom. The third kappa shape index (κ3) is 1.25. The Morgan fingerprint density at radius 1 is 1.62 bits per heavy atom. The summed E-state index contributed by atoms with van der Waals surface area (Å²) in [6.45, 7) is 0. The second kappa shape index (κ2) is 2.87. The molecule has 2 heterocycles. The maximum Gasteiger partial charge on any atom is 0.291 e. The fourth-order valence-corrected chi connectivity index (χ4v) is 1.14. The van der Waals surface area contributed by atoms with Gasteiger partial charge in [0.2, 0.25) is 0 Å². The Labute approximate surface area is 73.4 Å². The molecular weight excluding hydrogens is 170 g/mol. The molecule has 2 aromatic heterocycles. The van der Waals surface area contributed by atoms with Crippen molar-refractivity contribution in [1.29, 1.82) is 0 Å². The van der Waals surface area contributed by atoms with Crippen molar-refractivity contribution in [3.8, 4) is 0 Å². The van der Waals surface area contributed by atoms with E-state index in [4.69, 9.17) is 5.21 Å². The van der Waals surface area contributed by atoms with Gasteiger partial charge in [-0.15, -0.1) is 0 Å². The van der Waals surface area contributed by atoms with Gasteiger partial charge < -0.3 is 4.98 Å². The molecule has 0 aromatic carbocycles. The van der Waals surface area contributed by atoms with Gasteiger partial charge in [0.1, 0.15) is 5.69 Å². The molecule has 0 atom stereocenters. The van der Waals surface area contributed by atoms with Crippen molar-refractivity contribution in [3.05, 3.63) is 30.1 Å². The number of carbonyl (C=O) groups excluding carboxylic acids is 1. The summed E-state index contributed by atoms with van der Waals surface area (Å²) in [5, 5.41) is 8.37. The summed E-state index contributed by atoms with van der Waals surface area (Å²) < 4.78 is 0. The van der Waals surface area contributed by atoms with Crippen molar-refractivity contribution >= 4 is 16.9 Å². The molecule has 13 heavy (non-hydrogen) atoms. The summed E-state index contributed by atoms with van der Waals surface area (Å²) >= 11 is 0. The molecule has 0 fully saturated rings. The highest BCUT2D eigenvalue weighted by Gasteiger charge is 2.07. The van der Waals surface area contributed by atoms with Crippen LogP contribution in [-0.4, -0.2) is 21.1 Å². The van der Waals surface area contributed by atoms with Crippen molar-refractivity contribution < 1.29 is 10.0 Å². The van der Waals surface area contributed by atoms with Crippen LogP contribution in [0, 0.1) is 0 Å². The molecule has 0 radical (unpaired) electrons. The molecule has 0 saturated carbocycles. The zero-order valence-electron chi connectivity index (χ0n) is 6.61. The summed E-state index contributed by atoms with van der Waals surface area (Å²) in [4.78, 5) is 17.8. The van der Waals surface area contributed by atoms with Crippen LogP contribution in [0.5, 0.6) is 0 Å². The number of hydroxylamine groups is 1. The van der Waals surface area contributed by atoms with Crippen molar-refractivity contribution in [2.75, 3.05) is 0 Å². The smallest absolute Gasteiger partial charge is 0.291 e. The maximum absolute atomic E-state index is 11.0. The van der Waals surface area contributed by atoms with Crippen LogP contribution >= 0.6 is 0 Å². The fraction of sp³-hybridized carbons (Fsp3) is 0. The number of aromatic amines is 1. The molecule has 3 N–H and O–H groups in total. The third-order valence-corrected chi connectivity index (χ3v) is 1.74. The first kappa shape index (κ1) is 7.75. The molecule has 0 bridgehead atoms. The van der Waals surface area contributed by atoms with E-state index in [-0.39, 0.29) is 5.69 Å². The number of amides is 1. The van der Waals surface area contributed by atoms with Crippen molar-refractivity contribution in [2.24, 2.45) is 0 Å². The van der Waals surface area contributed by atoms with Crippen LogP contribution in [-0.2, 0) is 0 Å². The number of aromatic nitrogens is 2. The van der Waals surface area contributed by atoms with Gasteiger partial charge in [-0.1, -0.05) is 0 Å². The summed E-state index contributed by atoms with van der Waals surface area (Å²) in [6.07, 6.45) is 1.64. The molecular formula is C8H7N3O2. The third-order valence-electron chi connectivity index (χ3n) is 1.74. The van der Waals surface area contributed by atoms with Crippen LogP contribution in [0.15, 0.2) is 24.4 Å². The van der Waals surface area contributed by atoms with Gasteiger partial charge in [-0.25, -0.2) is 5.48 Å². The van der Waals surface area contributed by atoms with E-state index in [2.05, 4.69) is 9.97 Å². The minimum atomic E-state index is -0.571. The molecule has 5 heteroatoms.